The average Bonchev–Trinajstić information content (AvgIpc) is 2.34. The van der Waals surface area contributed by atoms with Crippen molar-refractivity contribution in [2.45, 2.75) is 26.4 Å². The molecule has 1 aromatic carbocycles. The molecule has 0 bridgehead atoms. The molecular formula is C15H17NO2. The second-order valence-corrected chi connectivity index (χ2v) is 5.24. The van der Waals surface area contributed by atoms with Crippen LogP contribution in [0.3, 0.4) is 0 Å². The number of Topliss-reactive ketones (excluding diaryl/α,β-unsaturated/α-hetero) is 1. The smallest absolute Gasteiger partial charge is 0.188 e. The van der Waals surface area contributed by atoms with Crippen molar-refractivity contribution in [3.05, 3.63) is 42.1 Å². The zero-order valence-corrected chi connectivity index (χ0v) is 10.9. The second-order valence-electron chi connectivity index (χ2n) is 5.24. The molecule has 3 heteroatoms. The monoisotopic (exact) mass is 243 g/mol. The van der Waals surface area contributed by atoms with Gasteiger partial charge in [-0.3, -0.25) is 9.78 Å². The number of ketones is 1. The Balaban J connectivity index is 2.18. The molecule has 0 amide bonds. The molecule has 0 fully saturated rings. The molecule has 3 nitrogen and oxygen atoms in total. The summed E-state index contributed by atoms with van der Waals surface area (Å²) in [4.78, 5) is 16.2. The van der Waals surface area contributed by atoms with Gasteiger partial charge in [-0.05, 0) is 32.9 Å². The Bertz CT molecular complexity index is 570. The maximum absolute atomic E-state index is 12.0. The average molecular weight is 243 g/mol. The van der Waals surface area contributed by atoms with Crippen LogP contribution in [-0.2, 0) is 4.74 Å². The van der Waals surface area contributed by atoms with E-state index < -0.39 is 0 Å². The molecule has 0 unspecified atom stereocenters. The van der Waals surface area contributed by atoms with Gasteiger partial charge in [-0.2, -0.15) is 0 Å². The molecule has 0 atom stereocenters. The molecule has 1 heterocycles. The van der Waals surface area contributed by atoms with Crippen molar-refractivity contribution in [2.75, 3.05) is 6.61 Å². The van der Waals surface area contributed by atoms with Crippen molar-refractivity contribution in [1.82, 2.24) is 4.98 Å². The van der Waals surface area contributed by atoms with E-state index >= 15 is 0 Å². The largest absolute Gasteiger partial charge is 0.368 e. The summed E-state index contributed by atoms with van der Waals surface area (Å²) in [6.07, 6.45) is 1.72. The first kappa shape index (κ1) is 12.7. The van der Waals surface area contributed by atoms with Gasteiger partial charge in [-0.25, -0.2) is 0 Å². The third kappa shape index (κ3) is 3.14. The van der Waals surface area contributed by atoms with Crippen molar-refractivity contribution < 1.29 is 9.53 Å². The van der Waals surface area contributed by atoms with E-state index in [2.05, 4.69) is 4.98 Å². The van der Waals surface area contributed by atoms with E-state index in [0.29, 0.717) is 5.56 Å². The maximum Gasteiger partial charge on any atom is 0.188 e. The van der Waals surface area contributed by atoms with Crippen LogP contribution in [0.5, 0.6) is 0 Å². The van der Waals surface area contributed by atoms with Gasteiger partial charge in [0.1, 0.15) is 6.61 Å². The van der Waals surface area contributed by atoms with Gasteiger partial charge in [0.2, 0.25) is 0 Å². The normalized spacial score (nSPS) is 11.7. The Morgan fingerprint density at radius 2 is 2.06 bits per heavy atom. The van der Waals surface area contributed by atoms with Crippen molar-refractivity contribution in [2.24, 2.45) is 0 Å². The number of ether oxygens (including phenoxy) is 1. The van der Waals surface area contributed by atoms with E-state index in [1.54, 1.807) is 6.20 Å². The van der Waals surface area contributed by atoms with Crippen LogP contribution in [0.2, 0.25) is 0 Å². The molecule has 2 aromatic rings. The second kappa shape index (κ2) is 4.86. The number of pyridine rings is 1. The summed E-state index contributed by atoms with van der Waals surface area (Å²) in [5.74, 6) is -0.0162. The Hall–Kier alpha value is -1.74. The van der Waals surface area contributed by atoms with Crippen molar-refractivity contribution in [3.8, 4) is 0 Å². The van der Waals surface area contributed by atoms with E-state index in [-0.39, 0.29) is 18.0 Å². The predicted octanol–water partition coefficient (Wildman–Crippen LogP) is 3.23. The standard InChI is InChI=1S/C15H17NO2/c1-15(2,3)18-10-14(17)12-7-6-11-5-4-8-16-13(11)9-12/h4-9H,10H2,1-3H3. The van der Waals surface area contributed by atoms with Crippen molar-refractivity contribution in [3.63, 3.8) is 0 Å². The SMILES string of the molecule is CC(C)(C)OCC(=O)c1ccc2cccnc2c1. The molecule has 0 saturated heterocycles. The highest BCUT2D eigenvalue weighted by Gasteiger charge is 2.14. The zero-order chi connectivity index (χ0) is 13.2. The number of fused-ring (bicyclic) bond motifs is 1. The van der Waals surface area contributed by atoms with E-state index in [4.69, 9.17) is 4.74 Å². The first-order chi connectivity index (χ1) is 8.46. The Morgan fingerprint density at radius 3 is 2.78 bits per heavy atom. The van der Waals surface area contributed by atoms with Crippen LogP contribution < -0.4 is 0 Å². The lowest BCUT2D eigenvalue weighted by Crippen LogP contribution is -2.23. The lowest BCUT2D eigenvalue weighted by atomic mass is 10.1. The molecule has 0 radical (unpaired) electrons. The third-order valence-electron chi connectivity index (χ3n) is 2.56. The van der Waals surface area contributed by atoms with Crippen LogP contribution in [0.25, 0.3) is 10.9 Å². The van der Waals surface area contributed by atoms with Crippen LogP contribution >= 0.6 is 0 Å². The molecule has 0 aliphatic rings. The number of nitrogens with zero attached hydrogens (tertiary/aromatic N) is 1. The Morgan fingerprint density at radius 1 is 1.28 bits per heavy atom. The number of carbonyl (C=O) groups is 1. The number of aromatic nitrogens is 1. The summed E-state index contributed by atoms with van der Waals surface area (Å²) < 4.78 is 5.49. The predicted molar refractivity (Wildman–Crippen MR) is 71.8 cm³/mol. The summed E-state index contributed by atoms with van der Waals surface area (Å²) in [5, 5.41) is 1.03. The quantitative estimate of drug-likeness (QED) is 0.777. The fourth-order valence-electron chi connectivity index (χ4n) is 1.61. The Labute approximate surface area is 107 Å². The number of benzene rings is 1. The highest BCUT2D eigenvalue weighted by molar-refractivity contribution is 6.00. The minimum absolute atomic E-state index is 0.0162. The molecule has 0 aliphatic heterocycles. The summed E-state index contributed by atoms with van der Waals surface area (Å²) in [6, 6.07) is 9.39. The van der Waals surface area contributed by atoms with Gasteiger partial charge in [0.05, 0.1) is 11.1 Å². The molecule has 1 aromatic heterocycles. The molecule has 2 rings (SSSR count). The Kier molecular flexibility index (Phi) is 3.43. The van der Waals surface area contributed by atoms with Gasteiger partial charge in [0, 0.05) is 17.1 Å². The van der Waals surface area contributed by atoms with Gasteiger partial charge in [-0.1, -0.05) is 18.2 Å². The molecule has 0 N–H and O–H groups in total. The van der Waals surface area contributed by atoms with Crippen LogP contribution in [-0.4, -0.2) is 23.0 Å². The van der Waals surface area contributed by atoms with Crippen LogP contribution in [0, 0.1) is 0 Å². The highest BCUT2D eigenvalue weighted by atomic mass is 16.5. The molecular weight excluding hydrogens is 226 g/mol. The number of hydrogen-bond donors (Lipinski definition) is 0. The number of hydrogen-bond acceptors (Lipinski definition) is 3. The molecule has 0 saturated carbocycles. The van der Waals surface area contributed by atoms with E-state index in [1.807, 2.05) is 51.1 Å². The third-order valence-corrected chi connectivity index (χ3v) is 2.56. The van der Waals surface area contributed by atoms with Crippen LogP contribution in [0.4, 0.5) is 0 Å². The van der Waals surface area contributed by atoms with E-state index in [1.165, 1.54) is 0 Å². The lowest BCUT2D eigenvalue weighted by Gasteiger charge is -2.18. The van der Waals surface area contributed by atoms with Crippen LogP contribution in [0.1, 0.15) is 31.1 Å². The van der Waals surface area contributed by atoms with Crippen molar-refractivity contribution in [1.29, 1.82) is 0 Å². The highest BCUT2D eigenvalue weighted by Crippen LogP contribution is 2.15. The van der Waals surface area contributed by atoms with E-state index in [0.717, 1.165) is 10.9 Å². The molecule has 0 aliphatic carbocycles. The summed E-state index contributed by atoms with van der Waals surface area (Å²) in [7, 11) is 0. The van der Waals surface area contributed by atoms with Crippen molar-refractivity contribution >= 4 is 16.7 Å². The fraction of sp³-hybridized carbons (Fsp3) is 0.333. The van der Waals surface area contributed by atoms with E-state index in [9.17, 15) is 4.79 Å². The molecule has 18 heavy (non-hydrogen) atoms. The fourth-order valence-corrected chi connectivity index (χ4v) is 1.61. The minimum atomic E-state index is -0.301. The number of rotatable bonds is 3. The topological polar surface area (TPSA) is 39.2 Å². The number of carbonyl (C=O) groups excluding carboxylic acids is 1. The first-order valence-electron chi connectivity index (χ1n) is 5.98. The van der Waals surface area contributed by atoms with Gasteiger partial charge in [0.15, 0.2) is 5.78 Å². The van der Waals surface area contributed by atoms with Gasteiger partial charge in [0.25, 0.3) is 0 Å². The summed E-state index contributed by atoms with van der Waals surface area (Å²) in [5.41, 5.74) is 1.18. The molecule has 0 spiro atoms. The van der Waals surface area contributed by atoms with Gasteiger partial charge in [-0.15, -0.1) is 0 Å². The van der Waals surface area contributed by atoms with Crippen LogP contribution in [0.15, 0.2) is 36.5 Å². The van der Waals surface area contributed by atoms with Gasteiger partial charge >= 0.3 is 0 Å². The lowest BCUT2D eigenvalue weighted by molar-refractivity contribution is 0.00307. The molecule has 94 valence electrons. The minimum Gasteiger partial charge on any atom is -0.368 e. The summed E-state index contributed by atoms with van der Waals surface area (Å²) >= 11 is 0. The summed E-state index contributed by atoms with van der Waals surface area (Å²) in [6.45, 7) is 5.90. The first-order valence-corrected chi connectivity index (χ1v) is 5.98. The maximum atomic E-state index is 12.0. The zero-order valence-electron chi connectivity index (χ0n) is 10.9. The van der Waals surface area contributed by atoms with Gasteiger partial charge < -0.3 is 4.74 Å².